The van der Waals surface area contributed by atoms with Gasteiger partial charge in [-0.25, -0.2) is 0 Å². The van der Waals surface area contributed by atoms with Crippen molar-refractivity contribution in [3.63, 3.8) is 0 Å². The number of rotatable bonds is 9. The van der Waals surface area contributed by atoms with Gasteiger partial charge in [-0.2, -0.15) is 0 Å². The highest BCUT2D eigenvalue weighted by atomic mass is 16.5. The van der Waals surface area contributed by atoms with Crippen molar-refractivity contribution in [2.24, 2.45) is 5.73 Å². The van der Waals surface area contributed by atoms with Crippen LogP contribution in [0.15, 0.2) is 0 Å². The van der Waals surface area contributed by atoms with Crippen LogP contribution in [0.1, 0.15) is 51.9 Å². The maximum absolute atomic E-state index is 11.9. The molecule has 5 heteroatoms. The van der Waals surface area contributed by atoms with E-state index in [1.807, 2.05) is 0 Å². The second-order valence-electron chi connectivity index (χ2n) is 5.67. The Morgan fingerprint density at radius 2 is 2.05 bits per heavy atom. The molecule has 1 unspecified atom stereocenters. The van der Waals surface area contributed by atoms with Gasteiger partial charge in [0.05, 0.1) is 18.1 Å². The van der Waals surface area contributed by atoms with Crippen molar-refractivity contribution in [2.45, 2.75) is 63.6 Å². The van der Waals surface area contributed by atoms with Crippen molar-refractivity contribution >= 4 is 5.91 Å². The summed E-state index contributed by atoms with van der Waals surface area (Å²) in [6.45, 7) is 3.84. The first kappa shape index (κ1) is 17.4. The van der Waals surface area contributed by atoms with E-state index in [2.05, 4.69) is 12.2 Å². The van der Waals surface area contributed by atoms with E-state index < -0.39 is 0 Å². The molecule has 5 nitrogen and oxygen atoms in total. The highest BCUT2D eigenvalue weighted by molar-refractivity contribution is 5.76. The van der Waals surface area contributed by atoms with Crippen LogP contribution in [0.5, 0.6) is 0 Å². The summed E-state index contributed by atoms with van der Waals surface area (Å²) in [5, 5.41) is 3.00. The predicted octanol–water partition coefficient (Wildman–Crippen LogP) is 1.60. The van der Waals surface area contributed by atoms with Crippen LogP contribution in [0.3, 0.4) is 0 Å². The van der Waals surface area contributed by atoms with Crippen LogP contribution in [-0.4, -0.2) is 44.4 Å². The molecule has 1 atom stereocenters. The summed E-state index contributed by atoms with van der Waals surface area (Å²) >= 11 is 0. The van der Waals surface area contributed by atoms with Crippen molar-refractivity contribution in [1.29, 1.82) is 0 Å². The van der Waals surface area contributed by atoms with Crippen LogP contribution in [0, 0.1) is 0 Å². The fourth-order valence-electron chi connectivity index (χ4n) is 2.69. The lowest BCUT2D eigenvalue weighted by molar-refractivity contribution is -0.126. The predicted molar refractivity (Wildman–Crippen MR) is 79.5 cm³/mol. The summed E-state index contributed by atoms with van der Waals surface area (Å²) in [5.74, 6) is -0.00709. The van der Waals surface area contributed by atoms with Gasteiger partial charge < -0.3 is 20.5 Å². The summed E-state index contributed by atoms with van der Waals surface area (Å²) in [6, 6.07) is 0. The molecule has 1 amide bonds. The second kappa shape index (κ2) is 9.32. The molecule has 0 radical (unpaired) electrons. The molecule has 118 valence electrons. The molecular formula is C15H30N2O3. The molecule has 0 aromatic heterocycles. The van der Waals surface area contributed by atoms with Gasteiger partial charge in [-0.1, -0.05) is 26.2 Å². The molecule has 1 aliphatic rings. The normalized spacial score (nSPS) is 19.6. The first-order valence-electron chi connectivity index (χ1n) is 7.79. The Bertz CT molecular complexity index is 274. The Morgan fingerprint density at radius 3 is 2.60 bits per heavy atom. The number of amides is 1. The number of carbonyl (C=O) groups excluding carboxylic acids is 1. The highest BCUT2D eigenvalue weighted by Crippen LogP contribution is 2.31. The van der Waals surface area contributed by atoms with E-state index in [0.29, 0.717) is 19.5 Å². The van der Waals surface area contributed by atoms with Gasteiger partial charge in [-0.3, -0.25) is 4.79 Å². The zero-order valence-electron chi connectivity index (χ0n) is 13.0. The SMILES string of the molecule is CCCOC1(CNC(=O)CC(CN)OC)CCCCC1. The van der Waals surface area contributed by atoms with E-state index in [1.165, 1.54) is 19.3 Å². The quantitative estimate of drug-likeness (QED) is 0.675. The van der Waals surface area contributed by atoms with Crippen LogP contribution >= 0.6 is 0 Å². The number of hydrogen-bond donors (Lipinski definition) is 2. The molecule has 0 aromatic carbocycles. The zero-order valence-corrected chi connectivity index (χ0v) is 13.0. The number of nitrogens with two attached hydrogens (primary N) is 1. The number of ether oxygens (including phenoxy) is 2. The molecule has 20 heavy (non-hydrogen) atoms. The van der Waals surface area contributed by atoms with Crippen molar-refractivity contribution in [1.82, 2.24) is 5.32 Å². The first-order valence-corrected chi connectivity index (χ1v) is 7.79. The maximum Gasteiger partial charge on any atom is 0.222 e. The van der Waals surface area contributed by atoms with Gasteiger partial charge in [0.1, 0.15) is 0 Å². The lowest BCUT2D eigenvalue weighted by Crippen LogP contribution is -2.47. The van der Waals surface area contributed by atoms with Crippen LogP contribution in [0.4, 0.5) is 0 Å². The summed E-state index contributed by atoms with van der Waals surface area (Å²) in [5.41, 5.74) is 5.38. The van der Waals surface area contributed by atoms with Gasteiger partial charge >= 0.3 is 0 Å². The van der Waals surface area contributed by atoms with Crippen molar-refractivity contribution in [3.05, 3.63) is 0 Å². The Morgan fingerprint density at radius 1 is 1.35 bits per heavy atom. The topological polar surface area (TPSA) is 73.6 Å². The molecule has 1 rings (SSSR count). The Hall–Kier alpha value is -0.650. The van der Waals surface area contributed by atoms with Crippen molar-refractivity contribution in [3.8, 4) is 0 Å². The van der Waals surface area contributed by atoms with E-state index in [-0.39, 0.29) is 17.6 Å². The lowest BCUT2D eigenvalue weighted by atomic mass is 9.84. The van der Waals surface area contributed by atoms with Gasteiger partial charge in [0, 0.05) is 26.8 Å². The maximum atomic E-state index is 11.9. The average molecular weight is 286 g/mol. The molecule has 0 aromatic rings. The third kappa shape index (κ3) is 5.77. The van der Waals surface area contributed by atoms with Crippen LogP contribution in [0.25, 0.3) is 0 Å². The van der Waals surface area contributed by atoms with Crippen LogP contribution < -0.4 is 11.1 Å². The van der Waals surface area contributed by atoms with Crippen LogP contribution in [0.2, 0.25) is 0 Å². The monoisotopic (exact) mass is 286 g/mol. The largest absolute Gasteiger partial charge is 0.380 e. The van der Waals surface area contributed by atoms with E-state index in [0.717, 1.165) is 25.9 Å². The lowest BCUT2D eigenvalue weighted by Gasteiger charge is -2.37. The highest BCUT2D eigenvalue weighted by Gasteiger charge is 2.33. The Kier molecular flexibility index (Phi) is 8.11. The van der Waals surface area contributed by atoms with E-state index >= 15 is 0 Å². The fraction of sp³-hybridized carbons (Fsp3) is 0.933. The van der Waals surface area contributed by atoms with Gasteiger partial charge in [0.15, 0.2) is 0 Å². The third-order valence-corrected chi connectivity index (χ3v) is 3.99. The average Bonchev–Trinajstić information content (AvgIpc) is 2.49. The Balaban J connectivity index is 2.43. The molecule has 3 N–H and O–H groups in total. The van der Waals surface area contributed by atoms with Gasteiger partial charge in [-0.05, 0) is 19.3 Å². The van der Waals surface area contributed by atoms with Crippen molar-refractivity contribution in [2.75, 3.05) is 26.8 Å². The molecular weight excluding hydrogens is 256 g/mol. The van der Waals surface area contributed by atoms with E-state index in [9.17, 15) is 4.79 Å². The molecule has 0 bridgehead atoms. The van der Waals surface area contributed by atoms with E-state index in [4.69, 9.17) is 15.2 Å². The summed E-state index contributed by atoms with van der Waals surface area (Å²) in [6.07, 6.45) is 6.84. The Labute approximate surface area is 122 Å². The van der Waals surface area contributed by atoms with Gasteiger partial charge in [0.25, 0.3) is 0 Å². The summed E-state index contributed by atoms with van der Waals surface area (Å²) < 4.78 is 11.2. The minimum absolute atomic E-state index is 0.00709. The number of nitrogens with one attached hydrogen (secondary N) is 1. The second-order valence-corrected chi connectivity index (χ2v) is 5.67. The molecule has 0 spiro atoms. The van der Waals surface area contributed by atoms with Crippen LogP contribution in [-0.2, 0) is 14.3 Å². The summed E-state index contributed by atoms with van der Waals surface area (Å²) in [4.78, 5) is 11.9. The van der Waals surface area contributed by atoms with Crippen molar-refractivity contribution < 1.29 is 14.3 Å². The number of hydrogen-bond acceptors (Lipinski definition) is 4. The molecule has 0 heterocycles. The molecule has 0 saturated heterocycles. The van der Waals surface area contributed by atoms with E-state index in [1.54, 1.807) is 7.11 Å². The summed E-state index contributed by atoms with van der Waals surface area (Å²) in [7, 11) is 1.58. The standard InChI is InChI=1S/C15H30N2O3/c1-3-9-20-15(7-5-4-6-8-15)12-17-14(18)10-13(11-16)19-2/h13H,3-12,16H2,1-2H3,(H,17,18). The third-order valence-electron chi connectivity index (χ3n) is 3.99. The molecule has 1 saturated carbocycles. The molecule has 0 aliphatic heterocycles. The smallest absolute Gasteiger partial charge is 0.222 e. The minimum atomic E-state index is -0.200. The molecule has 1 fully saturated rings. The molecule has 1 aliphatic carbocycles. The number of methoxy groups -OCH3 is 1. The van der Waals surface area contributed by atoms with Gasteiger partial charge in [-0.15, -0.1) is 0 Å². The fourth-order valence-corrected chi connectivity index (χ4v) is 2.69. The first-order chi connectivity index (χ1) is 9.65. The van der Waals surface area contributed by atoms with Gasteiger partial charge in [0.2, 0.25) is 5.91 Å². The minimum Gasteiger partial charge on any atom is -0.380 e. The number of carbonyl (C=O) groups is 1. The zero-order chi connectivity index (χ0) is 14.8.